The number of nitrogens with zero attached hydrogens (tertiary/aromatic N) is 3. The van der Waals surface area contributed by atoms with Crippen molar-refractivity contribution < 1.29 is 28.8 Å². The van der Waals surface area contributed by atoms with Gasteiger partial charge in [-0.2, -0.15) is 5.06 Å². The van der Waals surface area contributed by atoms with E-state index in [2.05, 4.69) is 10.9 Å². The van der Waals surface area contributed by atoms with Gasteiger partial charge in [0.25, 0.3) is 11.8 Å². The quantitative estimate of drug-likeness (QED) is 0.613. The minimum atomic E-state index is -0.726. The summed E-state index contributed by atoms with van der Waals surface area (Å²) in [5.41, 5.74) is 5.15. The highest BCUT2D eigenvalue weighted by molar-refractivity contribution is 5.91. The van der Waals surface area contributed by atoms with Gasteiger partial charge in [0, 0.05) is 13.1 Å². The van der Waals surface area contributed by atoms with Crippen LogP contribution in [0.3, 0.4) is 0 Å². The zero-order valence-electron chi connectivity index (χ0n) is 20.4. The Morgan fingerprint density at radius 2 is 1.69 bits per heavy atom. The molecule has 4 rings (SSSR count). The third-order valence-electron chi connectivity index (χ3n) is 6.33. The fourth-order valence-corrected chi connectivity index (χ4v) is 4.66. The minimum absolute atomic E-state index is 0.120. The van der Waals surface area contributed by atoms with Crippen LogP contribution in [0.2, 0.25) is 0 Å². The summed E-state index contributed by atoms with van der Waals surface area (Å²) in [5, 5.41) is 1.36. The zero-order chi connectivity index (χ0) is 25.2. The van der Waals surface area contributed by atoms with Crippen LogP contribution in [0.4, 0.5) is 9.59 Å². The molecular weight excluding hydrogens is 454 g/mol. The summed E-state index contributed by atoms with van der Waals surface area (Å²) in [5.74, 6) is -0.965. The number of hydrogen-bond acceptors (Lipinski definition) is 6. The van der Waals surface area contributed by atoms with Crippen LogP contribution in [0, 0.1) is 0 Å². The van der Waals surface area contributed by atoms with Crippen molar-refractivity contribution in [2.75, 3.05) is 13.1 Å². The fraction of sp³-hybridized carbons (Fsp3) is 0.583. The van der Waals surface area contributed by atoms with Gasteiger partial charge in [0.2, 0.25) is 0 Å². The largest absolute Gasteiger partial charge is 0.444 e. The van der Waals surface area contributed by atoms with E-state index in [9.17, 15) is 19.2 Å². The molecule has 0 unspecified atom stereocenters. The first-order chi connectivity index (χ1) is 16.6. The Bertz CT molecular complexity index is 965. The summed E-state index contributed by atoms with van der Waals surface area (Å²) in [6, 6.07) is 7.63. The summed E-state index contributed by atoms with van der Waals surface area (Å²) in [6.07, 6.45) is 1.65. The van der Waals surface area contributed by atoms with Crippen LogP contribution in [0.1, 0.15) is 52.0 Å². The minimum Gasteiger partial charge on any atom is -0.444 e. The molecule has 3 atom stereocenters. The molecule has 3 heterocycles. The van der Waals surface area contributed by atoms with Gasteiger partial charge in [-0.3, -0.25) is 30.2 Å². The first kappa shape index (κ1) is 24.8. The Hall–Kier alpha value is -3.34. The van der Waals surface area contributed by atoms with Crippen molar-refractivity contribution in [3.8, 4) is 0 Å². The average Bonchev–Trinajstić information content (AvgIpc) is 3.40. The normalized spacial score (nSPS) is 23.9. The second-order valence-electron chi connectivity index (χ2n) is 10.1. The van der Waals surface area contributed by atoms with E-state index < -0.39 is 35.6 Å². The molecule has 0 spiro atoms. The second kappa shape index (κ2) is 10.1. The van der Waals surface area contributed by atoms with Gasteiger partial charge in [-0.15, -0.1) is 0 Å². The van der Waals surface area contributed by atoms with Gasteiger partial charge in [0.15, 0.2) is 0 Å². The number of hydrogen-bond donors (Lipinski definition) is 2. The van der Waals surface area contributed by atoms with Crippen LogP contribution in [-0.2, 0) is 25.8 Å². The van der Waals surface area contributed by atoms with E-state index >= 15 is 0 Å². The number of fused-ring (bicyclic) bond motifs is 2. The maximum absolute atomic E-state index is 12.9. The van der Waals surface area contributed by atoms with Crippen molar-refractivity contribution >= 4 is 23.9 Å². The number of rotatable bonds is 5. The highest BCUT2D eigenvalue weighted by Gasteiger charge is 2.48. The summed E-state index contributed by atoms with van der Waals surface area (Å²) >= 11 is 0. The molecule has 3 aliphatic rings. The maximum atomic E-state index is 12.9. The van der Waals surface area contributed by atoms with E-state index in [0.29, 0.717) is 38.8 Å². The number of piperidine rings is 1. The van der Waals surface area contributed by atoms with E-state index in [4.69, 9.17) is 9.57 Å². The molecule has 190 valence electrons. The van der Waals surface area contributed by atoms with Gasteiger partial charge in [0.05, 0.1) is 6.04 Å². The Labute approximate surface area is 204 Å². The number of likely N-dealkylation sites (tertiary alicyclic amines) is 1. The lowest BCUT2D eigenvalue weighted by atomic mass is 10.0. The van der Waals surface area contributed by atoms with E-state index in [1.54, 1.807) is 20.8 Å². The van der Waals surface area contributed by atoms with Crippen LogP contribution in [-0.4, -0.2) is 75.6 Å². The molecule has 2 bridgehead atoms. The number of carbonyl (C=O) groups excluding carboxylic acids is 4. The van der Waals surface area contributed by atoms with Crippen molar-refractivity contribution in [2.24, 2.45) is 0 Å². The summed E-state index contributed by atoms with van der Waals surface area (Å²) < 4.78 is 5.38. The molecule has 0 radical (unpaired) electrons. The van der Waals surface area contributed by atoms with Crippen molar-refractivity contribution in [1.29, 1.82) is 0 Å². The predicted octanol–water partition coefficient (Wildman–Crippen LogP) is 1.93. The van der Waals surface area contributed by atoms with E-state index in [1.165, 1.54) is 14.9 Å². The molecule has 3 aliphatic heterocycles. The maximum Gasteiger partial charge on any atom is 0.410 e. The topological polar surface area (TPSA) is 121 Å². The highest BCUT2D eigenvalue weighted by Crippen LogP contribution is 2.30. The van der Waals surface area contributed by atoms with Gasteiger partial charge in [-0.25, -0.2) is 9.59 Å². The smallest absolute Gasteiger partial charge is 0.410 e. The molecule has 3 fully saturated rings. The van der Waals surface area contributed by atoms with Crippen LogP contribution in [0.25, 0.3) is 0 Å². The Balaban J connectivity index is 1.29. The lowest BCUT2D eigenvalue weighted by Crippen LogP contribution is -2.57. The third-order valence-corrected chi connectivity index (χ3v) is 6.33. The molecular formula is C24H33N5O6. The predicted molar refractivity (Wildman–Crippen MR) is 124 cm³/mol. The fourth-order valence-electron chi connectivity index (χ4n) is 4.66. The molecule has 0 aromatic heterocycles. The van der Waals surface area contributed by atoms with E-state index in [0.717, 1.165) is 5.56 Å². The molecule has 1 aromatic rings. The lowest BCUT2D eigenvalue weighted by molar-refractivity contribution is -0.140. The van der Waals surface area contributed by atoms with Crippen molar-refractivity contribution in [2.45, 2.75) is 76.8 Å². The zero-order valence-corrected chi connectivity index (χ0v) is 20.4. The van der Waals surface area contributed by atoms with E-state index in [-0.39, 0.29) is 18.7 Å². The van der Waals surface area contributed by atoms with Crippen LogP contribution in [0.5, 0.6) is 0 Å². The first-order valence-corrected chi connectivity index (χ1v) is 12.0. The Morgan fingerprint density at radius 3 is 2.37 bits per heavy atom. The van der Waals surface area contributed by atoms with Gasteiger partial charge < -0.3 is 9.64 Å². The van der Waals surface area contributed by atoms with Gasteiger partial charge in [-0.05, 0) is 52.0 Å². The van der Waals surface area contributed by atoms with Gasteiger partial charge >= 0.3 is 12.1 Å². The van der Waals surface area contributed by atoms with Crippen molar-refractivity contribution in [1.82, 2.24) is 25.7 Å². The number of nitrogens with one attached hydrogen (secondary N) is 2. The molecule has 0 aliphatic carbocycles. The SMILES string of the molecule is CC(C)(C)OC(=O)N1CCC[C@H]1C(=O)NNC(=O)[C@@H]1CC[C@@H]2CN1C(=O)N2OCc1ccccc1. The lowest BCUT2D eigenvalue weighted by Gasteiger charge is -2.30. The molecule has 3 saturated heterocycles. The van der Waals surface area contributed by atoms with Gasteiger partial charge in [-0.1, -0.05) is 30.3 Å². The van der Waals surface area contributed by atoms with E-state index in [1.807, 2.05) is 30.3 Å². The molecule has 0 saturated carbocycles. The molecule has 5 amide bonds. The summed E-state index contributed by atoms with van der Waals surface area (Å²) in [6.45, 7) is 6.34. The summed E-state index contributed by atoms with van der Waals surface area (Å²) in [4.78, 5) is 59.5. The van der Waals surface area contributed by atoms with Crippen molar-refractivity contribution in [3.63, 3.8) is 0 Å². The molecule has 11 heteroatoms. The Morgan fingerprint density at radius 1 is 1.00 bits per heavy atom. The number of hydroxylamine groups is 2. The van der Waals surface area contributed by atoms with Crippen molar-refractivity contribution in [3.05, 3.63) is 35.9 Å². The number of benzene rings is 1. The molecule has 11 nitrogen and oxygen atoms in total. The molecule has 35 heavy (non-hydrogen) atoms. The van der Waals surface area contributed by atoms with Crippen LogP contribution >= 0.6 is 0 Å². The monoisotopic (exact) mass is 487 g/mol. The first-order valence-electron chi connectivity index (χ1n) is 12.0. The number of urea groups is 1. The third kappa shape index (κ3) is 5.67. The number of hydrazine groups is 1. The average molecular weight is 488 g/mol. The molecule has 2 N–H and O–H groups in total. The number of carbonyl (C=O) groups is 4. The second-order valence-corrected chi connectivity index (χ2v) is 10.1. The molecule has 1 aromatic carbocycles. The van der Waals surface area contributed by atoms with Gasteiger partial charge in [0.1, 0.15) is 24.3 Å². The number of ether oxygens (including phenoxy) is 1. The summed E-state index contributed by atoms with van der Waals surface area (Å²) in [7, 11) is 0. The standard InChI is InChI=1S/C24H33N5O6/c1-24(2,3)35-23(33)27-13-7-10-18(27)20(30)25-26-21(31)19-12-11-17-14-28(19)22(32)29(17)34-15-16-8-5-4-6-9-16/h4-6,8-9,17-19H,7,10-15H2,1-3H3,(H,25,30)(H,26,31)/t17-,18+,19+/m1/s1. The Kier molecular flexibility index (Phi) is 7.15. The van der Waals surface area contributed by atoms with Crippen LogP contribution < -0.4 is 10.9 Å². The number of amides is 5. The highest BCUT2D eigenvalue weighted by atomic mass is 16.7. The van der Waals surface area contributed by atoms with Crippen LogP contribution in [0.15, 0.2) is 30.3 Å².